The molecule has 3 aromatic rings. The molecule has 24 heavy (non-hydrogen) atoms. The van der Waals surface area contributed by atoms with E-state index < -0.39 is 0 Å². The minimum absolute atomic E-state index is 0.146. The number of halogens is 1. The number of methoxy groups -OCH3 is 1. The number of para-hydroxylation sites is 1. The van der Waals surface area contributed by atoms with E-state index in [9.17, 15) is 4.39 Å². The van der Waals surface area contributed by atoms with Gasteiger partial charge in [-0.1, -0.05) is 30.3 Å². The quantitative estimate of drug-likeness (QED) is 0.651. The van der Waals surface area contributed by atoms with Crippen LogP contribution in [0.4, 0.5) is 4.39 Å². The molecule has 0 bridgehead atoms. The standard InChI is InChI=1S/C19H19FN2OS/c1-23-17-9-5-3-7-15(17)18-12-22-19(24-18)13-21-11-10-14-6-2-4-8-16(14)20/h2-9,12,21H,10-11,13H2,1H3. The molecule has 0 saturated heterocycles. The van der Waals surface area contributed by atoms with Crippen molar-refractivity contribution in [2.45, 2.75) is 13.0 Å². The van der Waals surface area contributed by atoms with Gasteiger partial charge in [0, 0.05) is 18.3 Å². The van der Waals surface area contributed by atoms with Crippen LogP contribution in [0.15, 0.2) is 54.7 Å². The van der Waals surface area contributed by atoms with Gasteiger partial charge in [0.05, 0.1) is 12.0 Å². The highest BCUT2D eigenvalue weighted by Gasteiger charge is 2.09. The maximum atomic E-state index is 13.6. The van der Waals surface area contributed by atoms with Crippen LogP contribution in [-0.4, -0.2) is 18.6 Å². The topological polar surface area (TPSA) is 34.1 Å². The normalized spacial score (nSPS) is 10.8. The van der Waals surface area contributed by atoms with Crippen molar-refractivity contribution in [3.8, 4) is 16.2 Å². The Bertz CT molecular complexity index is 803. The monoisotopic (exact) mass is 342 g/mol. The lowest BCUT2D eigenvalue weighted by Gasteiger charge is -2.05. The summed E-state index contributed by atoms with van der Waals surface area (Å²) in [5, 5.41) is 4.32. The summed E-state index contributed by atoms with van der Waals surface area (Å²) >= 11 is 1.64. The lowest BCUT2D eigenvalue weighted by molar-refractivity contribution is 0.416. The molecule has 0 amide bonds. The third-order valence-electron chi connectivity index (χ3n) is 3.73. The van der Waals surface area contributed by atoms with Crippen LogP contribution in [-0.2, 0) is 13.0 Å². The van der Waals surface area contributed by atoms with E-state index in [0.29, 0.717) is 19.5 Å². The largest absolute Gasteiger partial charge is 0.496 e. The van der Waals surface area contributed by atoms with Gasteiger partial charge in [0.25, 0.3) is 0 Å². The Morgan fingerprint density at radius 3 is 2.75 bits per heavy atom. The van der Waals surface area contributed by atoms with Gasteiger partial charge in [-0.15, -0.1) is 11.3 Å². The molecule has 0 saturated carbocycles. The van der Waals surface area contributed by atoms with E-state index in [4.69, 9.17) is 4.74 Å². The van der Waals surface area contributed by atoms with E-state index in [1.54, 1.807) is 24.5 Å². The molecule has 5 heteroatoms. The molecule has 1 heterocycles. The van der Waals surface area contributed by atoms with Crippen LogP contribution < -0.4 is 10.1 Å². The van der Waals surface area contributed by atoms with Crippen molar-refractivity contribution >= 4 is 11.3 Å². The maximum absolute atomic E-state index is 13.6. The van der Waals surface area contributed by atoms with Crippen molar-refractivity contribution in [2.24, 2.45) is 0 Å². The number of thiazole rings is 1. The van der Waals surface area contributed by atoms with Crippen LogP contribution in [0, 0.1) is 5.82 Å². The van der Waals surface area contributed by atoms with E-state index in [2.05, 4.69) is 10.3 Å². The molecular formula is C19H19FN2OS. The number of rotatable bonds is 7. The van der Waals surface area contributed by atoms with Gasteiger partial charge in [-0.05, 0) is 36.7 Å². The fourth-order valence-corrected chi connectivity index (χ4v) is 3.40. The van der Waals surface area contributed by atoms with Crippen molar-refractivity contribution in [3.63, 3.8) is 0 Å². The second-order valence-electron chi connectivity index (χ2n) is 5.34. The van der Waals surface area contributed by atoms with Crippen LogP contribution >= 0.6 is 11.3 Å². The van der Waals surface area contributed by atoms with Crippen LogP contribution in [0.3, 0.4) is 0 Å². The first-order valence-corrected chi connectivity index (χ1v) is 8.62. The molecule has 3 rings (SSSR count). The van der Waals surface area contributed by atoms with Crippen LogP contribution in [0.5, 0.6) is 5.75 Å². The van der Waals surface area contributed by atoms with Gasteiger partial charge in [0.15, 0.2) is 0 Å². The molecule has 0 radical (unpaired) electrons. The molecule has 3 nitrogen and oxygen atoms in total. The van der Waals surface area contributed by atoms with Crippen molar-refractivity contribution in [3.05, 3.63) is 71.1 Å². The molecular weight excluding hydrogens is 323 g/mol. The van der Waals surface area contributed by atoms with E-state index in [-0.39, 0.29) is 5.82 Å². The van der Waals surface area contributed by atoms with Gasteiger partial charge < -0.3 is 10.1 Å². The Labute approximate surface area is 145 Å². The summed E-state index contributed by atoms with van der Waals surface area (Å²) in [4.78, 5) is 5.54. The van der Waals surface area contributed by atoms with E-state index in [1.807, 2.05) is 42.6 Å². The first kappa shape index (κ1) is 16.6. The van der Waals surface area contributed by atoms with Gasteiger partial charge in [0.2, 0.25) is 0 Å². The molecule has 0 atom stereocenters. The molecule has 0 unspecified atom stereocenters. The number of hydrogen-bond acceptors (Lipinski definition) is 4. The average Bonchev–Trinajstić information content (AvgIpc) is 3.09. The zero-order valence-corrected chi connectivity index (χ0v) is 14.3. The molecule has 0 fully saturated rings. The minimum atomic E-state index is -0.146. The third kappa shape index (κ3) is 3.99. The lowest BCUT2D eigenvalue weighted by Crippen LogP contribution is -2.16. The first-order chi connectivity index (χ1) is 11.8. The fourth-order valence-electron chi connectivity index (χ4n) is 2.48. The van der Waals surface area contributed by atoms with Crippen LogP contribution in [0.1, 0.15) is 10.6 Å². The Morgan fingerprint density at radius 1 is 1.12 bits per heavy atom. The highest BCUT2D eigenvalue weighted by Crippen LogP contribution is 2.33. The summed E-state index contributed by atoms with van der Waals surface area (Å²) < 4.78 is 18.9. The van der Waals surface area contributed by atoms with Gasteiger partial charge in [-0.25, -0.2) is 9.37 Å². The first-order valence-electron chi connectivity index (χ1n) is 7.80. The number of ether oxygens (including phenoxy) is 1. The SMILES string of the molecule is COc1ccccc1-c1cnc(CNCCc2ccccc2F)s1. The molecule has 2 aromatic carbocycles. The number of nitrogens with zero attached hydrogens (tertiary/aromatic N) is 1. The average molecular weight is 342 g/mol. The lowest BCUT2D eigenvalue weighted by atomic mass is 10.1. The van der Waals surface area contributed by atoms with Gasteiger partial charge in [-0.3, -0.25) is 0 Å². The summed E-state index contributed by atoms with van der Waals surface area (Å²) in [7, 11) is 1.67. The highest BCUT2D eigenvalue weighted by atomic mass is 32.1. The third-order valence-corrected chi connectivity index (χ3v) is 4.76. The molecule has 0 aliphatic carbocycles. The Balaban J connectivity index is 1.56. The Morgan fingerprint density at radius 2 is 1.92 bits per heavy atom. The second kappa shape index (κ2) is 8.04. The van der Waals surface area contributed by atoms with E-state index in [1.165, 1.54) is 6.07 Å². The van der Waals surface area contributed by atoms with Crippen molar-refractivity contribution < 1.29 is 9.13 Å². The second-order valence-corrected chi connectivity index (χ2v) is 6.45. The predicted octanol–water partition coefficient (Wildman–Crippen LogP) is 4.29. The zero-order valence-electron chi connectivity index (χ0n) is 13.5. The molecule has 0 aliphatic rings. The number of aromatic nitrogens is 1. The molecule has 0 aliphatic heterocycles. The predicted molar refractivity (Wildman–Crippen MR) is 95.9 cm³/mol. The number of hydrogen-bond donors (Lipinski definition) is 1. The number of benzene rings is 2. The maximum Gasteiger partial charge on any atom is 0.127 e. The summed E-state index contributed by atoms with van der Waals surface area (Å²) in [5.41, 5.74) is 1.79. The summed E-state index contributed by atoms with van der Waals surface area (Å²) in [5.74, 6) is 0.701. The molecule has 124 valence electrons. The van der Waals surface area contributed by atoms with Crippen molar-refractivity contribution in [1.82, 2.24) is 10.3 Å². The van der Waals surface area contributed by atoms with E-state index >= 15 is 0 Å². The molecule has 1 aromatic heterocycles. The van der Waals surface area contributed by atoms with Gasteiger partial charge in [0.1, 0.15) is 16.6 Å². The highest BCUT2D eigenvalue weighted by molar-refractivity contribution is 7.15. The van der Waals surface area contributed by atoms with Crippen LogP contribution in [0.2, 0.25) is 0 Å². The Kier molecular flexibility index (Phi) is 5.56. The Hall–Kier alpha value is -2.24. The number of nitrogens with one attached hydrogen (secondary N) is 1. The van der Waals surface area contributed by atoms with Crippen molar-refractivity contribution in [1.29, 1.82) is 0 Å². The molecule has 0 spiro atoms. The van der Waals surface area contributed by atoms with Gasteiger partial charge in [-0.2, -0.15) is 0 Å². The summed E-state index contributed by atoms with van der Waals surface area (Å²) in [6, 6.07) is 14.8. The summed E-state index contributed by atoms with van der Waals surface area (Å²) in [6.45, 7) is 1.39. The molecule has 1 N–H and O–H groups in total. The minimum Gasteiger partial charge on any atom is -0.496 e. The smallest absolute Gasteiger partial charge is 0.127 e. The summed E-state index contributed by atoms with van der Waals surface area (Å²) in [6.07, 6.45) is 2.54. The fraction of sp³-hybridized carbons (Fsp3) is 0.211. The van der Waals surface area contributed by atoms with Gasteiger partial charge >= 0.3 is 0 Å². The van der Waals surface area contributed by atoms with Crippen molar-refractivity contribution in [2.75, 3.05) is 13.7 Å². The van der Waals surface area contributed by atoms with E-state index in [0.717, 1.165) is 26.8 Å². The zero-order chi connectivity index (χ0) is 16.8. The van der Waals surface area contributed by atoms with Crippen LogP contribution in [0.25, 0.3) is 10.4 Å².